The molecule has 0 bridgehead atoms. The predicted octanol–water partition coefficient (Wildman–Crippen LogP) is 1.46. The molecule has 118 valence electrons. The Morgan fingerprint density at radius 1 is 1.30 bits per heavy atom. The van der Waals surface area contributed by atoms with Crippen LogP contribution in [0, 0.1) is 0 Å². The highest BCUT2D eigenvalue weighted by Gasteiger charge is 2.66. The molecule has 5 nitrogen and oxygen atoms in total. The van der Waals surface area contributed by atoms with Gasteiger partial charge >= 0.3 is 0 Å². The lowest BCUT2D eigenvalue weighted by atomic mass is 10.1. The zero-order valence-corrected chi connectivity index (χ0v) is 13.4. The number of rotatable bonds is 3. The topological polar surface area (TPSA) is 61.8 Å². The molecule has 2 fully saturated rings. The van der Waals surface area contributed by atoms with Gasteiger partial charge in [-0.3, -0.25) is 0 Å². The Morgan fingerprint density at radius 3 is 2.40 bits per heavy atom. The van der Waals surface area contributed by atoms with Gasteiger partial charge < -0.3 is 14.2 Å². The van der Waals surface area contributed by atoms with E-state index in [2.05, 4.69) is 0 Å². The van der Waals surface area contributed by atoms with E-state index in [0.29, 0.717) is 0 Å². The summed E-state index contributed by atoms with van der Waals surface area (Å²) in [5, 5.41) is -2.51. The summed E-state index contributed by atoms with van der Waals surface area (Å²) in [6, 6.07) is 0. The summed E-state index contributed by atoms with van der Waals surface area (Å²) in [4.78, 5) is 0. The maximum atomic E-state index is 15.2. The molecule has 2 aliphatic rings. The van der Waals surface area contributed by atoms with Crippen LogP contribution in [0.25, 0.3) is 0 Å². The zero-order valence-electron chi connectivity index (χ0n) is 12.6. The molecular weight excluding hydrogens is 287 g/mol. The van der Waals surface area contributed by atoms with Gasteiger partial charge in [0.25, 0.3) is 5.00 Å². The smallest absolute Gasteiger partial charge is 0.262 e. The first-order valence-corrected chi connectivity index (χ1v) is 8.31. The number of fused-ring (bicyclic) bond motifs is 1. The Morgan fingerprint density at radius 2 is 1.90 bits per heavy atom. The minimum absolute atomic E-state index is 0.0558. The molecule has 0 N–H and O–H groups in total. The van der Waals surface area contributed by atoms with E-state index in [1.165, 1.54) is 20.8 Å². The second-order valence-corrected chi connectivity index (χ2v) is 9.57. The summed E-state index contributed by atoms with van der Waals surface area (Å²) in [5.41, 5.74) is 0. The predicted molar refractivity (Wildman–Crippen MR) is 72.0 cm³/mol. The van der Waals surface area contributed by atoms with Gasteiger partial charge in [-0.1, -0.05) is 0 Å². The van der Waals surface area contributed by atoms with E-state index in [-0.39, 0.29) is 12.7 Å². The third-order valence-electron chi connectivity index (χ3n) is 3.70. The van der Waals surface area contributed by atoms with Gasteiger partial charge in [-0.15, -0.1) is 0 Å². The normalized spacial score (nSPS) is 38.5. The van der Waals surface area contributed by atoms with Crippen LogP contribution in [0.5, 0.6) is 0 Å². The monoisotopic (exact) mass is 310 g/mol. The van der Waals surface area contributed by atoms with E-state index in [0.717, 1.165) is 0 Å². The quantitative estimate of drug-likeness (QED) is 0.790. The van der Waals surface area contributed by atoms with E-state index < -0.39 is 44.5 Å². The molecule has 0 radical (unpaired) electrons. The molecule has 2 saturated heterocycles. The van der Waals surface area contributed by atoms with Crippen LogP contribution in [0.2, 0.25) is 0 Å². The van der Waals surface area contributed by atoms with Crippen molar-refractivity contribution in [1.82, 2.24) is 0 Å². The third-order valence-corrected chi connectivity index (χ3v) is 6.56. The van der Waals surface area contributed by atoms with Crippen LogP contribution in [-0.4, -0.2) is 55.8 Å². The fourth-order valence-corrected chi connectivity index (χ4v) is 4.39. The fraction of sp³-hybridized carbons (Fsp3) is 1.00. The number of hydrogen-bond donors (Lipinski definition) is 0. The Kier molecular flexibility index (Phi) is 3.95. The summed E-state index contributed by atoms with van der Waals surface area (Å²) in [7, 11) is -4.05. The standard InChI is InChI=1S/C13H23FO5S/c1-8(2)19-9-6-17-11-10(9)18-7-13(11,14)20(15,16)12(3,4)5/h8-11H,6-7H2,1-5H3/t9?,10-,11+,13?/m1/s1. The molecule has 2 rings (SSSR count). The molecule has 2 aliphatic heterocycles. The van der Waals surface area contributed by atoms with E-state index >= 15 is 4.39 Å². The highest BCUT2D eigenvalue weighted by Crippen LogP contribution is 2.45. The summed E-state index contributed by atoms with van der Waals surface area (Å²) in [6.45, 7) is 7.81. The molecule has 0 amide bonds. The number of alkyl halides is 1. The molecule has 0 saturated carbocycles. The van der Waals surface area contributed by atoms with E-state index in [1.807, 2.05) is 13.8 Å². The lowest BCUT2D eigenvalue weighted by Crippen LogP contribution is -2.53. The Bertz CT molecular complexity index is 470. The number of halogens is 1. The summed E-state index contributed by atoms with van der Waals surface area (Å²) < 4.78 is 55.3. The Labute approximate surface area is 119 Å². The largest absolute Gasteiger partial charge is 0.370 e. The fourth-order valence-electron chi connectivity index (χ4n) is 2.65. The van der Waals surface area contributed by atoms with Crippen molar-refractivity contribution in [2.75, 3.05) is 13.2 Å². The van der Waals surface area contributed by atoms with Crippen LogP contribution < -0.4 is 0 Å². The van der Waals surface area contributed by atoms with Crippen molar-refractivity contribution < 1.29 is 27.0 Å². The number of sulfone groups is 1. The third kappa shape index (κ3) is 2.28. The molecule has 2 heterocycles. The molecule has 0 aromatic heterocycles. The van der Waals surface area contributed by atoms with Crippen molar-refractivity contribution >= 4 is 9.84 Å². The van der Waals surface area contributed by atoms with Gasteiger partial charge in [-0.2, -0.15) is 0 Å². The van der Waals surface area contributed by atoms with Crippen LogP contribution in [0.15, 0.2) is 0 Å². The first-order chi connectivity index (χ1) is 9.00. The molecular formula is C13H23FO5S. The number of hydrogen-bond acceptors (Lipinski definition) is 5. The Hall–Kier alpha value is -0.240. The van der Waals surface area contributed by atoms with Crippen molar-refractivity contribution in [3.8, 4) is 0 Å². The first kappa shape index (κ1) is 16.1. The van der Waals surface area contributed by atoms with Gasteiger partial charge in [-0.25, -0.2) is 12.8 Å². The summed E-state index contributed by atoms with van der Waals surface area (Å²) >= 11 is 0. The van der Waals surface area contributed by atoms with Crippen molar-refractivity contribution in [3.63, 3.8) is 0 Å². The van der Waals surface area contributed by atoms with Crippen LogP contribution in [0.4, 0.5) is 4.39 Å². The van der Waals surface area contributed by atoms with Crippen LogP contribution in [0.1, 0.15) is 34.6 Å². The Balaban J connectivity index is 2.26. The highest BCUT2D eigenvalue weighted by molar-refractivity contribution is 7.94. The van der Waals surface area contributed by atoms with Crippen molar-refractivity contribution in [2.45, 2.75) is 68.8 Å². The van der Waals surface area contributed by atoms with Gasteiger partial charge in [-0.05, 0) is 34.6 Å². The molecule has 7 heteroatoms. The molecule has 0 aromatic rings. The lowest BCUT2D eigenvalue weighted by molar-refractivity contribution is -0.0597. The van der Waals surface area contributed by atoms with E-state index in [4.69, 9.17) is 14.2 Å². The van der Waals surface area contributed by atoms with Crippen molar-refractivity contribution in [2.24, 2.45) is 0 Å². The van der Waals surface area contributed by atoms with Gasteiger partial charge in [0, 0.05) is 0 Å². The maximum absolute atomic E-state index is 15.2. The minimum Gasteiger partial charge on any atom is -0.370 e. The van der Waals surface area contributed by atoms with Gasteiger partial charge in [0.1, 0.15) is 18.3 Å². The molecule has 0 spiro atoms. The van der Waals surface area contributed by atoms with Crippen molar-refractivity contribution in [1.29, 1.82) is 0 Å². The van der Waals surface area contributed by atoms with E-state index in [1.54, 1.807) is 0 Å². The average molecular weight is 310 g/mol. The second kappa shape index (κ2) is 4.90. The molecule has 4 atom stereocenters. The minimum atomic E-state index is -4.05. The average Bonchev–Trinajstić information content (AvgIpc) is 2.80. The van der Waals surface area contributed by atoms with Crippen LogP contribution >= 0.6 is 0 Å². The van der Waals surface area contributed by atoms with Crippen LogP contribution in [0.3, 0.4) is 0 Å². The summed E-state index contributed by atoms with van der Waals surface area (Å²) in [6.07, 6.45) is -2.26. The zero-order chi connectivity index (χ0) is 15.3. The van der Waals surface area contributed by atoms with Crippen molar-refractivity contribution in [3.05, 3.63) is 0 Å². The second-order valence-electron chi connectivity index (χ2n) is 6.65. The highest BCUT2D eigenvalue weighted by atomic mass is 32.2. The van der Waals surface area contributed by atoms with Crippen LogP contribution in [-0.2, 0) is 24.0 Å². The van der Waals surface area contributed by atoms with Gasteiger partial charge in [0.05, 0.1) is 24.1 Å². The number of ether oxygens (including phenoxy) is 3. The van der Waals surface area contributed by atoms with Gasteiger partial charge in [0.15, 0.2) is 9.84 Å². The maximum Gasteiger partial charge on any atom is 0.262 e. The van der Waals surface area contributed by atoms with E-state index in [9.17, 15) is 8.42 Å². The SMILES string of the molecule is CC(C)OC1CO[C@H]2[C@@H]1OCC2(F)S(=O)(=O)C(C)(C)C. The summed E-state index contributed by atoms with van der Waals surface area (Å²) in [5.74, 6) is 0. The molecule has 0 aliphatic carbocycles. The molecule has 20 heavy (non-hydrogen) atoms. The molecule has 0 aromatic carbocycles. The molecule has 2 unspecified atom stereocenters. The lowest BCUT2D eigenvalue weighted by Gasteiger charge is -2.31. The first-order valence-electron chi connectivity index (χ1n) is 6.82. The van der Waals surface area contributed by atoms with Gasteiger partial charge in [0.2, 0.25) is 0 Å².